The molecule has 2 aromatic heterocycles. The quantitative estimate of drug-likeness (QED) is 0.690. The van der Waals surface area contributed by atoms with E-state index in [1.807, 2.05) is 29.3 Å². The van der Waals surface area contributed by atoms with Crippen LogP contribution in [0.3, 0.4) is 0 Å². The molecule has 0 spiro atoms. The third-order valence-corrected chi connectivity index (χ3v) is 6.34. The largest absolute Gasteiger partial charge is 0.348 e. The molecular weight excluding hydrogens is 388 g/mol. The van der Waals surface area contributed by atoms with Crippen LogP contribution in [-0.2, 0) is 24.3 Å². The first-order valence-electron chi connectivity index (χ1n) is 11.1. The summed E-state index contributed by atoms with van der Waals surface area (Å²) in [5, 5.41) is 0. The minimum Gasteiger partial charge on any atom is -0.348 e. The predicted molar refractivity (Wildman–Crippen MR) is 119 cm³/mol. The van der Waals surface area contributed by atoms with Crippen LogP contribution in [0.1, 0.15) is 53.7 Å². The van der Waals surface area contributed by atoms with Gasteiger partial charge >= 0.3 is 0 Å². The number of aromatic nitrogens is 4. The first-order chi connectivity index (χ1) is 15.2. The summed E-state index contributed by atoms with van der Waals surface area (Å²) < 4.78 is 0. The van der Waals surface area contributed by atoms with E-state index in [0.29, 0.717) is 13.0 Å². The number of aryl methyl sites for hydroxylation is 1. The maximum atomic E-state index is 12.8. The number of rotatable bonds is 5. The highest BCUT2D eigenvalue weighted by Gasteiger charge is 2.31. The predicted octanol–water partition coefficient (Wildman–Crippen LogP) is 3.37. The van der Waals surface area contributed by atoms with Crippen molar-refractivity contribution in [2.75, 3.05) is 18.0 Å². The van der Waals surface area contributed by atoms with Crippen molar-refractivity contribution in [3.63, 3.8) is 0 Å². The number of aromatic amines is 1. The fourth-order valence-corrected chi connectivity index (χ4v) is 4.72. The van der Waals surface area contributed by atoms with E-state index in [4.69, 9.17) is 9.97 Å². The Balaban J connectivity index is 1.42. The number of likely N-dealkylation sites (tertiary alicyclic amines) is 1. The van der Waals surface area contributed by atoms with E-state index in [2.05, 4.69) is 33.9 Å². The minimum absolute atomic E-state index is 0.142. The molecule has 0 aliphatic carbocycles. The molecule has 31 heavy (non-hydrogen) atoms. The van der Waals surface area contributed by atoms with Crippen molar-refractivity contribution in [2.45, 2.75) is 51.6 Å². The van der Waals surface area contributed by atoms with Crippen molar-refractivity contribution in [1.29, 1.82) is 0 Å². The molecule has 1 amide bonds. The van der Waals surface area contributed by atoms with Crippen molar-refractivity contribution >= 4 is 11.7 Å². The maximum Gasteiger partial charge on any atom is 0.228 e. The van der Waals surface area contributed by atoms with Crippen LogP contribution >= 0.6 is 0 Å². The summed E-state index contributed by atoms with van der Waals surface area (Å²) >= 11 is 0. The summed E-state index contributed by atoms with van der Waals surface area (Å²) in [6.45, 7) is 5.39. The molecule has 160 valence electrons. The Morgan fingerprint density at radius 2 is 2.00 bits per heavy atom. The number of carbonyl (C=O) groups is 1. The zero-order valence-corrected chi connectivity index (χ0v) is 17.9. The van der Waals surface area contributed by atoms with E-state index in [0.717, 1.165) is 73.2 Å². The molecule has 1 aromatic carbocycles. The number of hydrogen-bond acceptors (Lipinski definition) is 5. The summed E-state index contributed by atoms with van der Waals surface area (Å²) in [5.74, 6) is 3.08. The maximum absolute atomic E-state index is 12.8. The van der Waals surface area contributed by atoms with E-state index in [-0.39, 0.29) is 11.8 Å². The number of carbonyl (C=O) groups excluding carboxylic acids is 1. The van der Waals surface area contributed by atoms with Crippen LogP contribution in [-0.4, -0.2) is 43.8 Å². The third kappa shape index (κ3) is 4.23. The van der Waals surface area contributed by atoms with Gasteiger partial charge in [-0.15, -0.1) is 0 Å². The van der Waals surface area contributed by atoms with Crippen molar-refractivity contribution in [2.24, 2.45) is 0 Å². The Morgan fingerprint density at radius 3 is 2.81 bits per heavy atom. The van der Waals surface area contributed by atoms with Crippen LogP contribution < -0.4 is 4.90 Å². The van der Waals surface area contributed by atoms with E-state index >= 15 is 0 Å². The molecule has 7 heteroatoms. The first-order valence-corrected chi connectivity index (χ1v) is 11.1. The molecule has 5 rings (SSSR count). The van der Waals surface area contributed by atoms with Gasteiger partial charge in [-0.2, -0.15) is 0 Å². The molecule has 1 atom stereocenters. The third-order valence-electron chi connectivity index (χ3n) is 6.34. The molecule has 0 bridgehead atoms. The number of nitrogens with zero attached hydrogens (tertiary/aromatic N) is 5. The average Bonchev–Trinajstić information content (AvgIpc) is 3.29. The Morgan fingerprint density at radius 1 is 1.13 bits per heavy atom. The van der Waals surface area contributed by atoms with Crippen molar-refractivity contribution < 1.29 is 4.79 Å². The molecule has 0 saturated carbocycles. The summed E-state index contributed by atoms with van der Waals surface area (Å²) in [4.78, 5) is 34.6. The highest BCUT2D eigenvalue weighted by molar-refractivity contribution is 5.95. The number of amides is 1. The number of benzene rings is 1. The minimum atomic E-state index is 0.142. The van der Waals surface area contributed by atoms with Gasteiger partial charge in [0.2, 0.25) is 5.91 Å². The van der Waals surface area contributed by atoms with E-state index in [1.165, 1.54) is 0 Å². The van der Waals surface area contributed by atoms with Gasteiger partial charge in [0.25, 0.3) is 0 Å². The van der Waals surface area contributed by atoms with E-state index in [1.54, 1.807) is 6.20 Å². The van der Waals surface area contributed by atoms with Gasteiger partial charge < -0.3 is 4.98 Å². The Labute approximate surface area is 182 Å². The summed E-state index contributed by atoms with van der Waals surface area (Å²) in [7, 11) is 0. The Kier molecular flexibility index (Phi) is 5.51. The number of imidazole rings is 1. The topological polar surface area (TPSA) is 78.0 Å². The Hall–Kier alpha value is -3.06. The SMILES string of the molecule is Cc1nc([C@H]2CCCN(Cc3ncc[nH]3)C2)nc2c1CCC(=O)N2Cc1ccccc1. The molecule has 3 aromatic rings. The van der Waals surface area contributed by atoms with Gasteiger partial charge in [-0.25, -0.2) is 15.0 Å². The monoisotopic (exact) mass is 416 g/mol. The van der Waals surface area contributed by atoms with Gasteiger partial charge in [0.05, 0.1) is 13.1 Å². The van der Waals surface area contributed by atoms with Crippen LogP contribution in [0.2, 0.25) is 0 Å². The van der Waals surface area contributed by atoms with Crippen LogP contribution in [0.4, 0.5) is 5.82 Å². The fraction of sp³-hybridized carbons (Fsp3) is 0.417. The lowest BCUT2D eigenvalue weighted by atomic mass is 9.96. The van der Waals surface area contributed by atoms with Crippen molar-refractivity contribution in [3.8, 4) is 0 Å². The van der Waals surface area contributed by atoms with Crippen molar-refractivity contribution in [1.82, 2.24) is 24.8 Å². The highest BCUT2D eigenvalue weighted by atomic mass is 16.2. The molecule has 0 radical (unpaired) electrons. The summed E-state index contributed by atoms with van der Waals surface area (Å²) in [6, 6.07) is 10.1. The molecule has 1 N–H and O–H groups in total. The molecule has 7 nitrogen and oxygen atoms in total. The lowest BCUT2D eigenvalue weighted by Gasteiger charge is -2.33. The second-order valence-corrected chi connectivity index (χ2v) is 8.54. The molecule has 2 aliphatic rings. The molecule has 4 heterocycles. The highest BCUT2D eigenvalue weighted by Crippen LogP contribution is 2.33. The van der Waals surface area contributed by atoms with Gasteiger partial charge in [0.1, 0.15) is 17.5 Å². The average molecular weight is 417 g/mol. The zero-order valence-electron chi connectivity index (χ0n) is 17.9. The smallest absolute Gasteiger partial charge is 0.228 e. The van der Waals surface area contributed by atoms with Gasteiger partial charge in [-0.1, -0.05) is 30.3 Å². The number of H-pyrrole nitrogens is 1. The van der Waals surface area contributed by atoms with Gasteiger partial charge in [0, 0.05) is 42.5 Å². The van der Waals surface area contributed by atoms with Crippen LogP contribution in [0.5, 0.6) is 0 Å². The van der Waals surface area contributed by atoms with Gasteiger partial charge in [-0.3, -0.25) is 14.6 Å². The lowest BCUT2D eigenvalue weighted by Crippen LogP contribution is -2.38. The molecular formula is C24H28N6O. The van der Waals surface area contributed by atoms with Crippen LogP contribution in [0, 0.1) is 6.92 Å². The van der Waals surface area contributed by atoms with Gasteiger partial charge in [-0.05, 0) is 38.3 Å². The summed E-state index contributed by atoms with van der Waals surface area (Å²) in [6.07, 6.45) is 7.08. The number of piperidine rings is 1. The van der Waals surface area contributed by atoms with Crippen LogP contribution in [0.15, 0.2) is 42.7 Å². The molecule has 0 unspecified atom stereocenters. The van der Waals surface area contributed by atoms with E-state index < -0.39 is 0 Å². The normalized spacial score (nSPS) is 19.5. The second-order valence-electron chi connectivity index (χ2n) is 8.54. The number of fused-ring (bicyclic) bond motifs is 1. The second kappa shape index (κ2) is 8.59. The van der Waals surface area contributed by atoms with Crippen LogP contribution in [0.25, 0.3) is 0 Å². The number of nitrogens with one attached hydrogen (secondary N) is 1. The molecule has 1 saturated heterocycles. The van der Waals surface area contributed by atoms with Crippen molar-refractivity contribution in [3.05, 3.63) is 71.2 Å². The van der Waals surface area contributed by atoms with E-state index in [9.17, 15) is 4.79 Å². The van der Waals surface area contributed by atoms with Gasteiger partial charge in [0.15, 0.2) is 0 Å². The summed E-state index contributed by atoms with van der Waals surface area (Å²) in [5.41, 5.74) is 3.24. The fourth-order valence-electron chi connectivity index (χ4n) is 4.72. The Bertz CT molecular complexity index is 1050. The number of anilines is 1. The molecule has 1 fully saturated rings. The number of hydrogen-bond donors (Lipinski definition) is 1. The molecule has 2 aliphatic heterocycles. The zero-order chi connectivity index (χ0) is 21.2. The first kappa shape index (κ1) is 19.9. The lowest BCUT2D eigenvalue weighted by molar-refractivity contribution is -0.119. The standard InChI is InChI=1S/C24H28N6O/c1-17-20-9-10-22(31)30(14-18-6-3-2-4-7-18)24(20)28-23(27-17)19-8-5-13-29(15-19)16-21-25-11-12-26-21/h2-4,6-7,11-12,19H,5,8-10,13-16H2,1H3,(H,25,26)/t19-/m0/s1.